The summed E-state index contributed by atoms with van der Waals surface area (Å²) in [7, 11) is 0. The first kappa shape index (κ1) is 65.6. The van der Waals surface area contributed by atoms with Crippen molar-refractivity contribution in [2.75, 3.05) is 191 Å². The van der Waals surface area contributed by atoms with E-state index in [4.69, 9.17) is 80.9 Å². The van der Waals surface area contributed by atoms with Crippen molar-refractivity contribution in [1.82, 2.24) is 4.90 Å². The Hall–Kier alpha value is -2.93. The summed E-state index contributed by atoms with van der Waals surface area (Å²) in [6.45, 7) is 11.0. The summed E-state index contributed by atoms with van der Waals surface area (Å²) in [6, 6.07) is 18.8. The highest BCUT2D eigenvalue weighted by Crippen LogP contribution is 2.30. The Morgan fingerprint density at radius 3 is 1.24 bits per heavy atom. The van der Waals surface area contributed by atoms with Crippen LogP contribution in [0, 0.1) is 0 Å². The largest absolute Gasteiger partial charge is 0.481 e. The van der Waals surface area contributed by atoms with E-state index >= 15 is 0 Å². The number of hydrogen-bond donors (Lipinski definition) is 5. The van der Waals surface area contributed by atoms with Gasteiger partial charge in [0.05, 0.1) is 190 Å². The van der Waals surface area contributed by atoms with Gasteiger partial charge in [0.2, 0.25) is 0 Å². The van der Waals surface area contributed by atoms with E-state index in [1.807, 2.05) is 65.6 Å². The number of benzene rings is 2. The fourth-order valence-electron chi connectivity index (χ4n) is 7.55. The van der Waals surface area contributed by atoms with Gasteiger partial charge in [-0.2, -0.15) is 0 Å². The van der Waals surface area contributed by atoms with Crippen LogP contribution in [0.4, 0.5) is 0 Å². The van der Waals surface area contributed by atoms with Gasteiger partial charge in [-0.25, -0.2) is 0 Å². The van der Waals surface area contributed by atoms with Crippen LogP contribution in [0.5, 0.6) is 0 Å². The van der Waals surface area contributed by atoms with Crippen LogP contribution in [0.3, 0.4) is 0 Å². The molecule has 0 aliphatic carbocycles. The molecule has 23 heteroatoms. The minimum absolute atomic E-state index is 0.0159. The van der Waals surface area contributed by atoms with Gasteiger partial charge < -0.3 is 101 Å². The average molecular weight is 1090 g/mol. The van der Waals surface area contributed by atoms with E-state index in [1.54, 1.807) is 0 Å². The zero-order valence-electron chi connectivity index (χ0n) is 44.1. The lowest BCUT2D eigenvalue weighted by Gasteiger charge is -2.39. The quantitative estimate of drug-likeness (QED) is 0.0587. The molecule has 436 valence electrons. The monoisotopic (exact) mass is 1090 g/mol. The van der Waals surface area contributed by atoms with Gasteiger partial charge in [0, 0.05) is 24.2 Å². The molecule has 2 heterocycles. The third-order valence-corrected chi connectivity index (χ3v) is 11.6. The number of aliphatic hydroxyl groups is 4. The molecule has 4 unspecified atom stereocenters. The van der Waals surface area contributed by atoms with Crippen molar-refractivity contribution in [3.8, 4) is 0 Å². The number of hydrogen-bond acceptors (Lipinski definition) is 22. The SMILES string of the molecule is O=C(O)CCOCCOCCOCCOCCOCCOCCOCCOCCOCCOCCOCCOCCN(CCCC1OC(c2ccccc2)OC[C@@H]1O)C[C@@H](O)[C@H](O)C1OC(c2ccccc2)OC[C@@H]1O. The van der Waals surface area contributed by atoms with Gasteiger partial charge in [-0.05, 0) is 19.4 Å². The molecule has 2 aliphatic rings. The second kappa shape index (κ2) is 43.9. The van der Waals surface area contributed by atoms with Crippen molar-refractivity contribution in [1.29, 1.82) is 0 Å². The third kappa shape index (κ3) is 31.0. The van der Waals surface area contributed by atoms with Gasteiger partial charge >= 0.3 is 5.97 Å². The van der Waals surface area contributed by atoms with E-state index in [0.717, 1.165) is 11.1 Å². The Morgan fingerprint density at radius 2 is 0.842 bits per heavy atom. The van der Waals surface area contributed by atoms with Crippen LogP contribution in [-0.4, -0.2) is 264 Å². The van der Waals surface area contributed by atoms with Crippen molar-refractivity contribution in [2.45, 2.75) is 68.5 Å². The van der Waals surface area contributed by atoms with Crippen molar-refractivity contribution >= 4 is 5.97 Å². The van der Waals surface area contributed by atoms with Gasteiger partial charge in [-0.3, -0.25) is 9.69 Å². The fourth-order valence-corrected chi connectivity index (χ4v) is 7.55. The van der Waals surface area contributed by atoms with Crippen LogP contribution in [0.1, 0.15) is 43.0 Å². The van der Waals surface area contributed by atoms with Gasteiger partial charge in [-0.1, -0.05) is 60.7 Å². The minimum Gasteiger partial charge on any atom is -0.481 e. The first-order valence-electron chi connectivity index (χ1n) is 26.5. The Labute approximate surface area is 447 Å². The molecular weight excluding hydrogens is 1000 g/mol. The maximum atomic E-state index is 11.3. The lowest BCUT2D eigenvalue weighted by molar-refractivity contribution is -0.283. The molecule has 23 nitrogen and oxygen atoms in total. The molecule has 0 saturated carbocycles. The highest BCUT2D eigenvalue weighted by atomic mass is 16.7. The molecule has 2 aromatic carbocycles. The first-order chi connectivity index (χ1) is 37.3. The van der Waals surface area contributed by atoms with E-state index in [0.29, 0.717) is 178 Å². The maximum Gasteiger partial charge on any atom is 0.305 e. The van der Waals surface area contributed by atoms with Gasteiger partial charge in [0.15, 0.2) is 12.6 Å². The lowest BCUT2D eigenvalue weighted by atomic mass is 10.0. The molecule has 0 aromatic heterocycles. The zero-order valence-corrected chi connectivity index (χ0v) is 44.1. The maximum absolute atomic E-state index is 11.3. The fraction of sp³-hybridized carbons (Fsp3) is 0.755. The predicted octanol–water partition coefficient (Wildman–Crippen LogP) is 1.41. The molecule has 0 amide bonds. The normalized spacial score (nSPS) is 20.8. The molecule has 5 N–H and O–H groups in total. The summed E-state index contributed by atoms with van der Waals surface area (Å²) < 4.78 is 89.6. The molecule has 2 fully saturated rings. The summed E-state index contributed by atoms with van der Waals surface area (Å²) >= 11 is 0. The second-order valence-electron chi connectivity index (χ2n) is 17.6. The van der Waals surface area contributed by atoms with E-state index in [2.05, 4.69) is 0 Å². The molecule has 76 heavy (non-hydrogen) atoms. The summed E-state index contributed by atoms with van der Waals surface area (Å²) in [5, 5.41) is 52.5. The Morgan fingerprint density at radius 1 is 0.487 bits per heavy atom. The second-order valence-corrected chi connectivity index (χ2v) is 17.6. The van der Waals surface area contributed by atoms with Gasteiger partial charge in [0.1, 0.15) is 24.4 Å². The van der Waals surface area contributed by atoms with E-state index in [9.17, 15) is 25.2 Å². The van der Waals surface area contributed by atoms with Crippen molar-refractivity contribution in [3.63, 3.8) is 0 Å². The Balaban J connectivity index is 0.929. The standard InChI is InChI=1S/C53H87NO22/c55-45(50(60)51-47(57)42-74-53(76-51)44-10-5-2-6-11-44)40-54(14-7-12-48-46(56)41-73-52(75-48)43-8-3-1-4-9-43)15-17-62-19-21-64-23-25-66-27-29-68-31-33-70-35-37-72-39-38-71-36-34-69-32-30-67-28-26-65-24-22-63-20-18-61-16-13-49(58)59/h1-6,8-11,45-48,50-53,55-57,60H,7,12-42H2,(H,58,59)/t45-,46+,47+,48?,50+,51?,52?,53?/m1/s1. The number of ether oxygens (including phenoxy) is 16. The molecule has 2 aliphatic heterocycles. The van der Waals surface area contributed by atoms with Crippen LogP contribution in [0.25, 0.3) is 0 Å². The van der Waals surface area contributed by atoms with E-state index in [-0.39, 0.29) is 32.8 Å². The number of carbonyl (C=O) groups is 1. The van der Waals surface area contributed by atoms with E-state index < -0.39 is 55.2 Å². The first-order valence-corrected chi connectivity index (χ1v) is 26.5. The number of aliphatic carboxylic acids is 1. The van der Waals surface area contributed by atoms with Crippen molar-refractivity contribution in [3.05, 3.63) is 71.8 Å². The molecular formula is C53H87NO22. The molecule has 0 radical (unpaired) electrons. The Kier molecular flexibility index (Phi) is 37.9. The topological polar surface area (TPSA) is 269 Å². The summed E-state index contributed by atoms with van der Waals surface area (Å²) in [6.07, 6.45) is -6.35. The summed E-state index contributed by atoms with van der Waals surface area (Å²) in [5.74, 6) is -0.885. The van der Waals surface area contributed by atoms with Gasteiger partial charge in [0.25, 0.3) is 0 Å². The molecule has 2 aromatic rings. The molecule has 8 atom stereocenters. The lowest BCUT2D eigenvalue weighted by Crippen LogP contribution is -2.54. The van der Waals surface area contributed by atoms with Gasteiger partial charge in [-0.15, -0.1) is 0 Å². The van der Waals surface area contributed by atoms with Crippen LogP contribution >= 0.6 is 0 Å². The van der Waals surface area contributed by atoms with Crippen LogP contribution in [0.15, 0.2) is 60.7 Å². The minimum atomic E-state index is -1.40. The van der Waals surface area contributed by atoms with Crippen LogP contribution in [0.2, 0.25) is 0 Å². The Bertz CT molecular complexity index is 1640. The number of carboxylic acids is 1. The van der Waals surface area contributed by atoms with Crippen LogP contribution in [-0.2, 0) is 80.6 Å². The number of rotatable bonds is 49. The summed E-state index contributed by atoms with van der Waals surface area (Å²) in [5.41, 5.74) is 1.61. The van der Waals surface area contributed by atoms with E-state index in [1.165, 1.54) is 0 Å². The summed E-state index contributed by atoms with van der Waals surface area (Å²) in [4.78, 5) is 12.4. The third-order valence-electron chi connectivity index (χ3n) is 11.6. The number of nitrogens with zero attached hydrogens (tertiary/aromatic N) is 1. The highest BCUT2D eigenvalue weighted by Gasteiger charge is 2.40. The molecule has 2 saturated heterocycles. The zero-order chi connectivity index (χ0) is 53.9. The smallest absolute Gasteiger partial charge is 0.305 e. The van der Waals surface area contributed by atoms with Crippen LogP contribution < -0.4 is 0 Å². The molecule has 0 spiro atoms. The molecule has 4 rings (SSSR count). The van der Waals surface area contributed by atoms with Crippen molar-refractivity contribution in [2.24, 2.45) is 0 Å². The number of aliphatic hydroxyl groups excluding tert-OH is 4. The number of carboxylic acid groups (broad SMARTS) is 1. The predicted molar refractivity (Wildman–Crippen MR) is 272 cm³/mol. The average Bonchev–Trinajstić information content (AvgIpc) is 3.43. The van der Waals surface area contributed by atoms with Crippen molar-refractivity contribution < 1.29 is 106 Å². The molecule has 0 bridgehead atoms. The highest BCUT2D eigenvalue weighted by molar-refractivity contribution is 5.66.